The van der Waals surface area contributed by atoms with Crippen molar-refractivity contribution in [1.29, 1.82) is 0 Å². The number of allylic oxidation sites excluding steroid dienone is 3. The van der Waals surface area contributed by atoms with E-state index in [-0.39, 0.29) is 54.9 Å². The van der Waals surface area contributed by atoms with Gasteiger partial charge < -0.3 is 43.9 Å². The number of carbonyl (C=O) groups is 4. The number of cyclic esters (lactones) is 1. The van der Waals surface area contributed by atoms with Crippen LogP contribution in [0.2, 0.25) is 0 Å². The lowest BCUT2D eigenvalue weighted by atomic mass is 9.81. The fourth-order valence-corrected chi connectivity index (χ4v) is 10.1. The Morgan fingerprint density at radius 3 is 2.21 bits per heavy atom. The molecule has 57 heavy (non-hydrogen) atoms. The van der Waals surface area contributed by atoms with Crippen LogP contribution in [0.1, 0.15) is 112 Å². The minimum atomic E-state index is -2.50. The molecule has 322 valence electrons. The molecule has 0 aromatic carbocycles. The first-order valence-corrected chi connectivity index (χ1v) is 21.3. The van der Waals surface area contributed by atoms with E-state index in [1.54, 1.807) is 21.0 Å². The van der Waals surface area contributed by atoms with Crippen molar-refractivity contribution in [2.75, 3.05) is 21.3 Å². The normalized spacial score (nSPS) is 44.2. The van der Waals surface area contributed by atoms with Crippen molar-refractivity contribution in [3.63, 3.8) is 0 Å². The first-order valence-electron chi connectivity index (χ1n) is 21.3. The molecule has 0 unspecified atom stereocenters. The molecule has 13 nitrogen and oxygen atoms in total. The first kappa shape index (κ1) is 45.6. The average molecular weight is 804 g/mol. The third-order valence-electron chi connectivity index (χ3n) is 13.8. The minimum absolute atomic E-state index is 0.00297. The van der Waals surface area contributed by atoms with Gasteiger partial charge in [-0.3, -0.25) is 14.4 Å². The number of piperidine rings is 1. The molecular formula is C44H69NO12. The number of rotatable bonds is 6. The molecule has 0 spiro atoms. The van der Waals surface area contributed by atoms with Gasteiger partial charge in [-0.15, -0.1) is 0 Å². The van der Waals surface area contributed by atoms with E-state index in [2.05, 4.69) is 6.92 Å². The van der Waals surface area contributed by atoms with Gasteiger partial charge in [-0.1, -0.05) is 45.4 Å². The Morgan fingerprint density at radius 2 is 1.56 bits per heavy atom. The average Bonchev–Trinajstić information content (AvgIpc) is 3.98. The topological polar surface area (TPSA) is 178 Å². The molecule has 2 saturated heterocycles. The number of hydrogen-bond donors (Lipinski definition) is 3. The summed E-state index contributed by atoms with van der Waals surface area (Å²) in [4.78, 5) is 58.4. The van der Waals surface area contributed by atoms with Gasteiger partial charge in [0.25, 0.3) is 11.7 Å². The Hall–Kier alpha value is -2.52. The third-order valence-corrected chi connectivity index (χ3v) is 13.8. The molecular weight excluding hydrogens is 734 g/mol. The molecule has 1 amide bonds. The summed E-state index contributed by atoms with van der Waals surface area (Å²) in [6.45, 7) is 11.2. The number of ketones is 2. The lowest BCUT2D eigenvalue weighted by Crippen LogP contribution is -2.64. The van der Waals surface area contributed by atoms with Gasteiger partial charge in [0.15, 0.2) is 0 Å². The van der Waals surface area contributed by atoms with Crippen LogP contribution in [0.25, 0.3) is 0 Å². The number of aliphatic hydroxyl groups is 3. The summed E-state index contributed by atoms with van der Waals surface area (Å²) in [5.41, 5.74) is 1.67. The van der Waals surface area contributed by atoms with Crippen LogP contribution in [0.4, 0.5) is 0 Å². The molecule has 0 aromatic rings. The molecule has 13 heteroatoms. The van der Waals surface area contributed by atoms with Crippen LogP contribution in [0.3, 0.4) is 0 Å². The Morgan fingerprint density at radius 1 is 0.895 bits per heavy atom. The highest BCUT2D eigenvalue weighted by Crippen LogP contribution is 2.47. The number of fused-ring (bicyclic) bond motifs is 5. The van der Waals surface area contributed by atoms with Crippen LogP contribution < -0.4 is 0 Å². The van der Waals surface area contributed by atoms with Crippen molar-refractivity contribution in [1.82, 2.24) is 4.90 Å². The van der Waals surface area contributed by atoms with Gasteiger partial charge in [-0.25, -0.2) is 4.79 Å². The van der Waals surface area contributed by atoms with Crippen LogP contribution in [-0.4, -0.2) is 126 Å². The van der Waals surface area contributed by atoms with Crippen molar-refractivity contribution >= 4 is 23.4 Å². The van der Waals surface area contributed by atoms with Crippen molar-refractivity contribution in [2.24, 2.45) is 35.5 Å². The molecule has 2 aliphatic carbocycles. The zero-order valence-electron chi connectivity index (χ0n) is 35.6. The van der Waals surface area contributed by atoms with Gasteiger partial charge in [-0.2, -0.15) is 0 Å². The van der Waals surface area contributed by atoms with Gasteiger partial charge in [0, 0.05) is 51.5 Å². The van der Waals surface area contributed by atoms with E-state index >= 15 is 0 Å². The van der Waals surface area contributed by atoms with E-state index in [0.29, 0.717) is 56.9 Å². The van der Waals surface area contributed by atoms with Gasteiger partial charge in [0.2, 0.25) is 5.79 Å². The number of methoxy groups -OCH3 is 3. The maximum absolute atomic E-state index is 14.4. The maximum Gasteiger partial charge on any atom is 0.329 e. The fourth-order valence-electron chi connectivity index (χ4n) is 10.1. The van der Waals surface area contributed by atoms with Gasteiger partial charge in [-0.05, 0) is 101 Å². The summed E-state index contributed by atoms with van der Waals surface area (Å²) in [5.74, 6) is -7.27. The predicted octanol–water partition coefficient (Wildman–Crippen LogP) is 4.47. The number of aliphatic hydroxyl groups excluding tert-OH is 2. The highest BCUT2D eigenvalue weighted by molar-refractivity contribution is 6.39. The lowest BCUT2D eigenvalue weighted by molar-refractivity contribution is -0.302. The standard InChI is InChI=1S/C44H69NO12/c1-10-29-16-23(2)15-24(3)17-37(54-8)40-38(55-9)19-26(5)44(52,57-40)41(49)42(50)45-31(13-12-30-21-32(30)45)43(51)56-39(27(6)34(47)22-35(29)48)25(4)18-28-11-14-33(46)36(20-28)53-7/h16,18,24,26-34,36-40,46-47,52H,10-15,17,19-22H2,1-9H3/b23-16+,25-18+/t24-,26+,27+,28-,29+,30-,31+,32+,33+,34-,36+,37-,38-,39+,40+,44+/m0/s1. The summed E-state index contributed by atoms with van der Waals surface area (Å²) in [6, 6.07) is -1.48. The minimum Gasteiger partial charge on any atom is -0.456 e. The molecule has 3 aliphatic heterocycles. The van der Waals surface area contributed by atoms with Gasteiger partial charge in [0.1, 0.15) is 24.0 Å². The molecule has 2 saturated carbocycles. The second-order valence-electron chi connectivity index (χ2n) is 18.0. The summed E-state index contributed by atoms with van der Waals surface area (Å²) in [6.07, 6.45) is 3.95. The molecule has 2 bridgehead atoms. The molecule has 3 heterocycles. The zero-order chi connectivity index (χ0) is 41.9. The van der Waals surface area contributed by atoms with Crippen molar-refractivity contribution in [3.05, 3.63) is 23.3 Å². The summed E-state index contributed by atoms with van der Waals surface area (Å²) in [5, 5.41) is 34.2. The number of Topliss-reactive ketones (excluding diaryl/α,β-unsaturated/α-hetero) is 2. The Balaban J connectivity index is 1.54. The van der Waals surface area contributed by atoms with E-state index in [1.807, 2.05) is 32.9 Å². The Labute approximate surface area is 338 Å². The number of nitrogens with zero attached hydrogens (tertiary/aromatic N) is 1. The second kappa shape index (κ2) is 19.2. The van der Waals surface area contributed by atoms with E-state index in [1.165, 1.54) is 19.1 Å². The summed E-state index contributed by atoms with van der Waals surface area (Å²) >= 11 is 0. The molecule has 16 atom stereocenters. The van der Waals surface area contributed by atoms with E-state index in [9.17, 15) is 34.5 Å². The number of hydrogen-bond acceptors (Lipinski definition) is 12. The molecule has 5 aliphatic rings. The van der Waals surface area contributed by atoms with Crippen LogP contribution in [0.15, 0.2) is 23.3 Å². The number of ether oxygens (including phenoxy) is 5. The van der Waals surface area contributed by atoms with Crippen molar-refractivity contribution < 1.29 is 58.2 Å². The molecule has 5 rings (SSSR count). The second-order valence-corrected chi connectivity index (χ2v) is 18.0. The van der Waals surface area contributed by atoms with Crippen molar-refractivity contribution in [2.45, 2.75) is 173 Å². The molecule has 0 radical (unpaired) electrons. The molecule has 3 N–H and O–H groups in total. The van der Waals surface area contributed by atoms with Gasteiger partial charge in [0.05, 0.1) is 30.5 Å². The Kier molecular flexibility index (Phi) is 15.4. The largest absolute Gasteiger partial charge is 0.456 e. The van der Waals surface area contributed by atoms with E-state index in [0.717, 1.165) is 5.57 Å². The highest BCUT2D eigenvalue weighted by atomic mass is 16.7. The molecule has 4 fully saturated rings. The Bertz CT molecular complexity index is 1510. The maximum atomic E-state index is 14.4. The molecule has 0 aromatic heterocycles. The van der Waals surface area contributed by atoms with Crippen molar-refractivity contribution in [3.8, 4) is 0 Å². The monoisotopic (exact) mass is 803 g/mol. The predicted molar refractivity (Wildman–Crippen MR) is 210 cm³/mol. The van der Waals surface area contributed by atoms with Crippen LogP contribution in [0.5, 0.6) is 0 Å². The SMILES string of the molecule is CC[C@@H]1/C=C(\C)C[C@H](C)C[C@H](OC)[C@H]2O[C@@](O)(C(=O)C(=O)N3[C@H](CC[C@H]4C[C@H]43)C(=O)O[C@H](/C(C)=C/[C@@H]3CC[C@@H](O)[C@H](OC)C3)[C@H](C)[C@@H](O)CC1=O)[C@H](C)C[C@@H]2OC. The fraction of sp³-hybridized carbons (Fsp3) is 0.818. The van der Waals surface area contributed by atoms with E-state index in [4.69, 9.17) is 23.7 Å². The number of carbonyl (C=O) groups excluding carboxylic acids is 4. The number of esters is 1. The first-order chi connectivity index (χ1) is 27.0. The number of amides is 1. The summed E-state index contributed by atoms with van der Waals surface area (Å²) < 4.78 is 29.9. The summed E-state index contributed by atoms with van der Waals surface area (Å²) in [7, 11) is 4.65. The van der Waals surface area contributed by atoms with E-state index < -0.39 is 83.9 Å². The zero-order valence-corrected chi connectivity index (χ0v) is 35.6. The van der Waals surface area contributed by atoms with Crippen LogP contribution in [0, 0.1) is 35.5 Å². The van der Waals surface area contributed by atoms with Gasteiger partial charge >= 0.3 is 5.97 Å². The highest BCUT2D eigenvalue weighted by Gasteiger charge is 2.60. The third kappa shape index (κ3) is 10.1. The van der Waals surface area contributed by atoms with Crippen LogP contribution in [-0.2, 0) is 42.9 Å². The lowest BCUT2D eigenvalue weighted by Gasteiger charge is -2.47. The quantitative estimate of drug-likeness (QED) is 0.195. The van der Waals surface area contributed by atoms with Crippen LogP contribution >= 0.6 is 0 Å². The smallest absolute Gasteiger partial charge is 0.329 e.